The molecule has 86 valence electrons. The van der Waals surface area contributed by atoms with E-state index in [1.54, 1.807) is 0 Å². The number of ether oxygens (including phenoxy) is 1. The Kier molecular flexibility index (Phi) is 4.12. The highest BCUT2D eigenvalue weighted by molar-refractivity contribution is 5.69. The number of methoxy groups -OCH3 is 1. The zero-order chi connectivity index (χ0) is 11.4. The van der Waals surface area contributed by atoms with Crippen molar-refractivity contribution in [3.63, 3.8) is 0 Å². The molecule has 0 aromatic heterocycles. The van der Waals surface area contributed by atoms with Gasteiger partial charge in [-0.15, -0.1) is 0 Å². The van der Waals surface area contributed by atoms with E-state index in [0.29, 0.717) is 18.3 Å². The molecule has 0 aromatic rings. The molecule has 0 aromatic carbocycles. The number of hydrogen-bond acceptors (Lipinski definition) is 3. The summed E-state index contributed by atoms with van der Waals surface area (Å²) in [6.07, 6.45) is 2.15. The zero-order valence-electron chi connectivity index (χ0n) is 9.60. The molecule has 4 nitrogen and oxygen atoms in total. The minimum Gasteiger partial charge on any atom is -0.469 e. The summed E-state index contributed by atoms with van der Waals surface area (Å²) in [7, 11) is 1.40. The second kappa shape index (κ2) is 5.14. The fraction of sp³-hybridized carbons (Fsp3) is 0.818. The summed E-state index contributed by atoms with van der Waals surface area (Å²) < 4.78 is 4.61. The Morgan fingerprint density at radius 3 is 2.67 bits per heavy atom. The molecular weight excluding hydrogens is 194 g/mol. The van der Waals surface area contributed by atoms with Crippen LogP contribution >= 0.6 is 0 Å². The number of amides is 1. The van der Waals surface area contributed by atoms with E-state index >= 15 is 0 Å². The van der Waals surface area contributed by atoms with E-state index in [4.69, 9.17) is 0 Å². The van der Waals surface area contributed by atoms with Gasteiger partial charge in [0.05, 0.1) is 7.11 Å². The molecule has 3 atom stereocenters. The molecule has 1 aliphatic heterocycles. The molecule has 1 amide bonds. The third kappa shape index (κ3) is 2.70. The van der Waals surface area contributed by atoms with Crippen LogP contribution in [0.5, 0.6) is 0 Å². The van der Waals surface area contributed by atoms with Gasteiger partial charge >= 0.3 is 5.97 Å². The molecule has 0 N–H and O–H groups in total. The van der Waals surface area contributed by atoms with Crippen LogP contribution in [-0.2, 0) is 14.3 Å². The Hall–Kier alpha value is -1.06. The number of likely N-dealkylation sites (tertiary alicyclic amines) is 1. The van der Waals surface area contributed by atoms with Crippen LogP contribution in [0.25, 0.3) is 0 Å². The van der Waals surface area contributed by atoms with Gasteiger partial charge in [-0.2, -0.15) is 0 Å². The van der Waals surface area contributed by atoms with Gasteiger partial charge in [0.1, 0.15) is 0 Å². The van der Waals surface area contributed by atoms with Crippen molar-refractivity contribution in [3.05, 3.63) is 0 Å². The van der Waals surface area contributed by atoms with Crippen molar-refractivity contribution < 1.29 is 14.3 Å². The van der Waals surface area contributed by atoms with Crippen LogP contribution in [-0.4, -0.2) is 37.0 Å². The van der Waals surface area contributed by atoms with Crippen molar-refractivity contribution in [1.29, 1.82) is 0 Å². The number of nitrogens with zero attached hydrogens (tertiary/aromatic N) is 1. The summed E-state index contributed by atoms with van der Waals surface area (Å²) in [5, 5.41) is 0. The first-order valence-electron chi connectivity index (χ1n) is 5.38. The predicted molar refractivity (Wildman–Crippen MR) is 56.1 cm³/mol. The van der Waals surface area contributed by atoms with Gasteiger partial charge < -0.3 is 9.64 Å². The van der Waals surface area contributed by atoms with E-state index < -0.39 is 0 Å². The van der Waals surface area contributed by atoms with Gasteiger partial charge in [0.2, 0.25) is 6.41 Å². The minimum atomic E-state index is -0.168. The molecule has 1 saturated heterocycles. The minimum absolute atomic E-state index is 0.168. The van der Waals surface area contributed by atoms with Crippen molar-refractivity contribution >= 4 is 12.4 Å². The topological polar surface area (TPSA) is 46.6 Å². The van der Waals surface area contributed by atoms with Crippen LogP contribution in [0.3, 0.4) is 0 Å². The zero-order valence-corrected chi connectivity index (χ0v) is 9.60. The molecule has 1 rings (SSSR count). The molecule has 4 heteroatoms. The molecule has 0 spiro atoms. The van der Waals surface area contributed by atoms with Crippen molar-refractivity contribution in [2.24, 2.45) is 11.8 Å². The lowest BCUT2D eigenvalue weighted by atomic mass is 9.88. The summed E-state index contributed by atoms with van der Waals surface area (Å²) in [6, 6.07) is 0.238. The summed E-state index contributed by atoms with van der Waals surface area (Å²) in [5.74, 6) is 0.711. The summed E-state index contributed by atoms with van der Waals surface area (Å²) in [6.45, 7) is 4.97. The van der Waals surface area contributed by atoms with Crippen LogP contribution in [0.4, 0.5) is 0 Å². The molecule has 0 aliphatic carbocycles. The highest BCUT2D eigenvalue weighted by Crippen LogP contribution is 2.31. The van der Waals surface area contributed by atoms with Crippen LogP contribution in [0.2, 0.25) is 0 Å². The highest BCUT2D eigenvalue weighted by Gasteiger charge is 2.35. The number of hydrogen-bond donors (Lipinski definition) is 0. The van der Waals surface area contributed by atoms with E-state index in [1.807, 2.05) is 11.8 Å². The quantitative estimate of drug-likeness (QED) is 0.518. The molecule has 0 bridgehead atoms. The van der Waals surface area contributed by atoms with E-state index in [0.717, 1.165) is 19.4 Å². The van der Waals surface area contributed by atoms with Gasteiger partial charge in [0.25, 0.3) is 0 Å². The summed E-state index contributed by atoms with van der Waals surface area (Å²) >= 11 is 0. The van der Waals surface area contributed by atoms with Crippen LogP contribution in [0.15, 0.2) is 0 Å². The van der Waals surface area contributed by atoms with E-state index in [1.165, 1.54) is 7.11 Å². The van der Waals surface area contributed by atoms with E-state index in [-0.39, 0.29) is 12.0 Å². The number of carbonyl (C=O) groups is 2. The second-order valence-corrected chi connectivity index (χ2v) is 4.30. The molecule has 1 fully saturated rings. The number of carbonyl (C=O) groups excluding carboxylic acids is 2. The molecular formula is C11H19NO3. The lowest BCUT2D eigenvalue weighted by Gasteiger charge is -2.21. The second-order valence-electron chi connectivity index (χ2n) is 4.30. The van der Waals surface area contributed by atoms with Gasteiger partial charge in [-0.25, -0.2) is 0 Å². The van der Waals surface area contributed by atoms with Gasteiger partial charge in [0.15, 0.2) is 0 Å². The van der Waals surface area contributed by atoms with Crippen molar-refractivity contribution in [2.45, 2.75) is 32.7 Å². The first-order valence-corrected chi connectivity index (χ1v) is 5.38. The van der Waals surface area contributed by atoms with Crippen molar-refractivity contribution in [3.8, 4) is 0 Å². The molecule has 3 unspecified atom stereocenters. The Balaban J connectivity index is 2.47. The largest absolute Gasteiger partial charge is 0.469 e. The van der Waals surface area contributed by atoms with Gasteiger partial charge in [0, 0.05) is 19.0 Å². The molecule has 0 saturated carbocycles. The average Bonchev–Trinajstić information content (AvgIpc) is 2.51. The number of esters is 1. The SMILES string of the molecule is COC(=O)CCC1C(C)CN(C=O)C1C. The van der Waals surface area contributed by atoms with Gasteiger partial charge in [-0.3, -0.25) is 9.59 Å². The van der Waals surface area contributed by atoms with Crippen LogP contribution in [0.1, 0.15) is 26.7 Å². The van der Waals surface area contributed by atoms with Crippen LogP contribution < -0.4 is 0 Å². The van der Waals surface area contributed by atoms with E-state index in [2.05, 4.69) is 11.7 Å². The Morgan fingerprint density at radius 2 is 2.20 bits per heavy atom. The smallest absolute Gasteiger partial charge is 0.305 e. The number of rotatable bonds is 4. The fourth-order valence-corrected chi connectivity index (χ4v) is 2.41. The summed E-state index contributed by atoms with van der Waals surface area (Å²) in [5.41, 5.74) is 0. The first-order chi connectivity index (χ1) is 7.10. The Morgan fingerprint density at radius 1 is 1.53 bits per heavy atom. The normalized spacial score (nSPS) is 30.3. The maximum Gasteiger partial charge on any atom is 0.305 e. The summed E-state index contributed by atoms with van der Waals surface area (Å²) in [4.78, 5) is 23.6. The van der Waals surface area contributed by atoms with Crippen molar-refractivity contribution in [2.75, 3.05) is 13.7 Å². The maximum absolute atomic E-state index is 11.0. The fourth-order valence-electron chi connectivity index (χ4n) is 2.41. The van der Waals surface area contributed by atoms with Gasteiger partial charge in [-0.1, -0.05) is 6.92 Å². The molecule has 0 radical (unpaired) electrons. The van der Waals surface area contributed by atoms with E-state index in [9.17, 15) is 9.59 Å². The average molecular weight is 213 g/mol. The standard InChI is InChI=1S/C11H19NO3/c1-8-6-12(7-13)9(2)10(8)4-5-11(14)15-3/h7-10H,4-6H2,1-3H3. The monoisotopic (exact) mass is 213 g/mol. The van der Waals surface area contributed by atoms with Gasteiger partial charge in [-0.05, 0) is 25.2 Å². The Labute approximate surface area is 90.6 Å². The van der Waals surface area contributed by atoms with Crippen molar-refractivity contribution in [1.82, 2.24) is 4.90 Å². The Bertz CT molecular complexity index is 242. The predicted octanol–water partition coefficient (Wildman–Crippen LogP) is 1.05. The van der Waals surface area contributed by atoms with Crippen LogP contribution in [0, 0.1) is 11.8 Å². The lowest BCUT2D eigenvalue weighted by molar-refractivity contribution is -0.141. The lowest BCUT2D eigenvalue weighted by Crippen LogP contribution is -2.28. The highest BCUT2D eigenvalue weighted by atomic mass is 16.5. The molecule has 15 heavy (non-hydrogen) atoms. The molecule has 1 heterocycles. The third-order valence-corrected chi connectivity index (χ3v) is 3.42. The maximum atomic E-state index is 11.0. The first kappa shape index (κ1) is 12.0. The third-order valence-electron chi connectivity index (χ3n) is 3.42. The molecule has 1 aliphatic rings.